The van der Waals surface area contributed by atoms with Crippen LogP contribution in [0.25, 0.3) is 0 Å². The molecule has 0 bridgehead atoms. The van der Waals surface area contributed by atoms with E-state index in [1.165, 1.54) is 16.2 Å². The van der Waals surface area contributed by atoms with Crippen LogP contribution in [0.15, 0.2) is 45.3 Å². The molecule has 0 amide bonds. The van der Waals surface area contributed by atoms with Gasteiger partial charge >= 0.3 is 0 Å². The number of hydrogen-bond acceptors (Lipinski definition) is 2. The molecule has 0 radical (unpaired) electrons. The molecule has 72 valence electrons. The highest BCUT2D eigenvalue weighted by atomic mass is 32.2. The molecule has 0 saturated heterocycles. The number of aliphatic imine (C=N–C) groups is 1. The smallest absolute Gasteiger partial charge is 0.0470 e. The van der Waals surface area contributed by atoms with Crippen molar-refractivity contribution < 1.29 is 0 Å². The summed E-state index contributed by atoms with van der Waals surface area (Å²) in [6, 6.07) is 8.42. The fourth-order valence-corrected chi connectivity index (χ4v) is 2.45. The van der Waals surface area contributed by atoms with Gasteiger partial charge in [0.15, 0.2) is 0 Å². The number of benzene rings is 1. The van der Waals surface area contributed by atoms with Gasteiger partial charge in [-0.15, -0.1) is 0 Å². The molecule has 0 aromatic heterocycles. The van der Waals surface area contributed by atoms with Crippen LogP contribution in [0.4, 0.5) is 0 Å². The van der Waals surface area contributed by atoms with E-state index in [2.05, 4.69) is 48.5 Å². The fraction of sp³-hybridized carbons (Fsp3) is 0.250. The number of fused-ring (bicyclic) bond motifs is 1. The number of rotatable bonds is 1. The summed E-state index contributed by atoms with van der Waals surface area (Å²) in [5.41, 5.74) is 3.56. The highest BCUT2D eigenvalue weighted by molar-refractivity contribution is 8.02. The van der Waals surface area contributed by atoms with E-state index in [-0.39, 0.29) is 0 Å². The van der Waals surface area contributed by atoms with Crippen molar-refractivity contribution in [2.24, 2.45) is 4.99 Å². The van der Waals surface area contributed by atoms with Crippen molar-refractivity contribution in [3.8, 4) is 0 Å². The second kappa shape index (κ2) is 4.01. The summed E-state index contributed by atoms with van der Waals surface area (Å²) in [5.74, 6) is 0. The van der Waals surface area contributed by atoms with E-state index in [0.29, 0.717) is 0 Å². The van der Waals surface area contributed by atoms with Crippen molar-refractivity contribution in [3.05, 3.63) is 40.9 Å². The SMILES string of the molecule is CCC1=CSc2ccccc2C(C)=N1. The Kier molecular flexibility index (Phi) is 2.73. The number of nitrogens with zero attached hydrogens (tertiary/aromatic N) is 1. The molecule has 0 unspecified atom stereocenters. The first kappa shape index (κ1) is 9.53. The molecule has 0 atom stereocenters. The second-order valence-corrected chi connectivity index (χ2v) is 4.19. The lowest BCUT2D eigenvalue weighted by atomic mass is 10.1. The summed E-state index contributed by atoms with van der Waals surface area (Å²) in [5, 5.41) is 2.15. The molecule has 1 aromatic carbocycles. The van der Waals surface area contributed by atoms with Gasteiger partial charge in [0.25, 0.3) is 0 Å². The lowest BCUT2D eigenvalue weighted by Gasteiger charge is -2.03. The Morgan fingerprint density at radius 2 is 2.07 bits per heavy atom. The van der Waals surface area contributed by atoms with Crippen LogP contribution in [0.2, 0.25) is 0 Å². The van der Waals surface area contributed by atoms with Crippen LogP contribution in [0, 0.1) is 0 Å². The van der Waals surface area contributed by atoms with Crippen molar-refractivity contribution in [3.63, 3.8) is 0 Å². The molecule has 14 heavy (non-hydrogen) atoms. The highest BCUT2D eigenvalue weighted by Gasteiger charge is 2.08. The van der Waals surface area contributed by atoms with Gasteiger partial charge in [-0.25, -0.2) is 0 Å². The van der Waals surface area contributed by atoms with Crippen molar-refractivity contribution >= 4 is 17.5 Å². The summed E-state index contributed by atoms with van der Waals surface area (Å²) < 4.78 is 0. The molecule has 2 rings (SSSR count). The lowest BCUT2D eigenvalue weighted by Crippen LogP contribution is -1.95. The number of hydrogen-bond donors (Lipinski definition) is 0. The summed E-state index contributed by atoms with van der Waals surface area (Å²) in [6.45, 7) is 4.22. The quantitative estimate of drug-likeness (QED) is 0.675. The van der Waals surface area contributed by atoms with E-state index in [9.17, 15) is 0 Å². The predicted octanol–water partition coefficient (Wildman–Crippen LogP) is 3.85. The molecule has 0 fully saturated rings. The third-order valence-electron chi connectivity index (χ3n) is 2.27. The van der Waals surface area contributed by atoms with Crippen molar-refractivity contribution in [1.29, 1.82) is 0 Å². The molecule has 1 aromatic rings. The van der Waals surface area contributed by atoms with E-state index in [4.69, 9.17) is 0 Å². The molecule has 2 heteroatoms. The van der Waals surface area contributed by atoms with Crippen molar-refractivity contribution in [2.45, 2.75) is 25.2 Å². The molecule has 0 spiro atoms. The standard InChI is InChI=1S/C12H13NS/c1-3-10-8-14-12-7-5-4-6-11(12)9(2)13-10/h4-8H,3H2,1-2H3. The molecule has 0 saturated carbocycles. The van der Waals surface area contributed by atoms with Gasteiger partial charge < -0.3 is 0 Å². The Labute approximate surface area is 88.9 Å². The Bertz CT molecular complexity index is 405. The molecule has 1 aliphatic rings. The Morgan fingerprint density at radius 1 is 1.29 bits per heavy atom. The molecular formula is C12H13NS. The zero-order chi connectivity index (χ0) is 9.97. The Morgan fingerprint density at radius 3 is 2.86 bits per heavy atom. The first-order valence-corrected chi connectivity index (χ1v) is 5.69. The third kappa shape index (κ3) is 1.75. The molecule has 0 aliphatic carbocycles. The zero-order valence-corrected chi connectivity index (χ0v) is 9.27. The van der Waals surface area contributed by atoms with Crippen LogP contribution >= 0.6 is 11.8 Å². The summed E-state index contributed by atoms with van der Waals surface area (Å²) in [7, 11) is 0. The van der Waals surface area contributed by atoms with Gasteiger partial charge in [-0.05, 0) is 24.8 Å². The monoisotopic (exact) mass is 203 g/mol. The number of thioether (sulfide) groups is 1. The summed E-state index contributed by atoms with van der Waals surface area (Å²) in [4.78, 5) is 5.90. The molecule has 1 aliphatic heterocycles. The molecular weight excluding hydrogens is 190 g/mol. The zero-order valence-electron chi connectivity index (χ0n) is 8.45. The van der Waals surface area contributed by atoms with Crippen LogP contribution in [0.1, 0.15) is 25.8 Å². The minimum absolute atomic E-state index is 0.998. The lowest BCUT2D eigenvalue weighted by molar-refractivity contribution is 1.07. The fourth-order valence-electron chi connectivity index (χ4n) is 1.46. The van der Waals surface area contributed by atoms with Crippen molar-refractivity contribution in [1.82, 2.24) is 0 Å². The van der Waals surface area contributed by atoms with Gasteiger partial charge in [-0.3, -0.25) is 4.99 Å². The largest absolute Gasteiger partial charge is 0.257 e. The minimum Gasteiger partial charge on any atom is -0.257 e. The van der Waals surface area contributed by atoms with E-state index >= 15 is 0 Å². The van der Waals surface area contributed by atoms with Gasteiger partial charge in [0.2, 0.25) is 0 Å². The topological polar surface area (TPSA) is 12.4 Å². The second-order valence-electron chi connectivity index (χ2n) is 3.27. The van der Waals surface area contributed by atoms with Crippen LogP contribution in [-0.2, 0) is 0 Å². The Hall–Kier alpha value is -1.02. The maximum Gasteiger partial charge on any atom is 0.0470 e. The van der Waals surface area contributed by atoms with E-state index in [0.717, 1.165) is 12.1 Å². The van der Waals surface area contributed by atoms with Gasteiger partial charge in [0.1, 0.15) is 0 Å². The first-order valence-electron chi connectivity index (χ1n) is 4.81. The van der Waals surface area contributed by atoms with Gasteiger partial charge in [0, 0.05) is 21.9 Å². The maximum absolute atomic E-state index is 4.59. The van der Waals surface area contributed by atoms with Gasteiger partial charge in [-0.2, -0.15) is 0 Å². The highest BCUT2D eigenvalue weighted by Crippen LogP contribution is 2.29. The van der Waals surface area contributed by atoms with Gasteiger partial charge in [-0.1, -0.05) is 36.9 Å². The van der Waals surface area contributed by atoms with Crippen LogP contribution in [-0.4, -0.2) is 5.71 Å². The van der Waals surface area contributed by atoms with Crippen LogP contribution in [0.3, 0.4) is 0 Å². The number of allylic oxidation sites excluding steroid dienone is 1. The van der Waals surface area contributed by atoms with E-state index < -0.39 is 0 Å². The summed E-state index contributed by atoms with van der Waals surface area (Å²) >= 11 is 1.77. The summed E-state index contributed by atoms with van der Waals surface area (Å²) in [6.07, 6.45) is 0.998. The van der Waals surface area contributed by atoms with Crippen molar-refractivity contribution in [2.75, 3.05) is 0 Å². The van der Waals surface area contributed by atoms with Crippen LogP contribution in [0.5, 0.6) is 0 Å². The van der Waals surface area contributed by atoms with E-state index in [1.807, 2.05) is 0 Å². The first-order chi connectivity index (χ1) is 6.81. The van der Waals surface area contributed by atoms with E-state index in [1.54, 1.807) is 11.8 Å². The molecule has 1 nitrogen and oxygen atoms in total. The molecule has 1 heterocycles. The van der Waals surface area contributed by atoms with Gasteiger partial charge in [0.05, 0.1) is 0 Å². The average molecular weight is 203 g/mol. The average Bonchev–Trinajstić information content (AvgIpc) is 2.39. The minimum atomic E-state index is 0.998. The third-order valence-corrected chi connectivity index (χ3v) is 3.27. The molecule has 0 N–H and O–H groups in total. The predicted molar refractivity (Wildman–Crippen MR) is 62.9 cm³/mol. The van der Waals surface area contributed by atoms with Crippen LogP contribution < -0.4 is 0 Å². The Balaban J connectivity index is 2.49. The normalized spacial score (nSPS) is 15.3. The maximum atomic E-state index is 4.59.